The van der Waals surface area contributed by atoms with Crippen LogP contribution >= 0.6 is 22.7 Å². The monoisotopic (exact) mass is 576 g/mol. The van der Waals surface area contributed by atoms with E-state index < -0.39 is 0 Å². The second-order valence-electron chi connectivity index (χ2n) is 9.58. The standard InChI is InChI=1S/C24H44N6O6S2/c1-38(2)18-30-15-19(28-29-30)16-36-14-13-35-12-11-34-10-9-33-8-7-25-22(31)6-4-3-5-21-23-20(17-37-21)26-24(32)27-23/h15,20-21,23,38H,3-14,16-18H2,1-2H3,(H,25,31)(H2,26,27,32)/t20?,21-,23-/m0/s1. The van der Waals surface area contributed by atoms with Crippen molar-refractivity contribution < 1.29 is 28.5 Å². The van der Waals surface area contributed by atoms with Crippen molar-refractivity contribution in [2.24, 2.45) is 0 Å². The van der Waals surface area contributed by atoms with E-state index in [2.05, 4.69) is 38.8 Å². The Morgan fingerprint density at radius 2 is 1.79 bits per heavy atom. The van der Waals surface area contributed by atoms with Gasteiger partial charge < -0.3 is 34.9 Å². The van der Waals surface area contributed by atoms with E-state index in [4.69, 9.17) is 18.9 Å². The third-order valence-electron chi connectivity index (χ3n) is 6.03. The molecule has 12 nitrogen and oxygen atoms in total. The van der Waals surface area contributed by atoms with Gasteiger partial charge in [0.15, 0.2) is 0 Å². The van der Waals surface area contributed by atoms with Crippen molar-refractivity contribution in [2.75, 3.05) is 71.1 Å². The van der Waals surface area contributed by atoms with Crippen molar-refractivity contribution in [1.29, 1.82) is 0 Å². The number of thioether (sulfide) groups is 1. The van der Waals surface area contributed by atoms with E-state index in [1.54, 1.807) is 0 Å². The Kier molecular flexibility index (Phi) is 14.6. The molecule has 2 aliphatic heterocycles. The lowest BCUT2D eigenvalue weighted by atomic mass is 10.0. The SMILES string of the molecule is C[SH](C)Cn1cc(COCCOCCOCCOCCNC(=O)CCCC[C@@H]2SCC3NC(=O)N[C@@H]32)nn1. The normalized spacial score (nSPS) is 20.7. The van der Waals surface area contributed by atoms with E-state index in [9.17, 15) is 9.59 Å². The van der Waals surface area contributed by atoms with E-state index in [0.29, 0.717) is 71.1 Å². The molecule has 0 saturated carbocycles. The van der Waals surface area contributed by atoms with Crippen LogP contribution in [0.5, 0.6) is 0 Å². The first kappa shape index (κ1) is 31.0. The van der Waals surface area contributed by atoms with Crippen LogP contribution in [0.25, 0.3) is 0 Å². The largest absolute Gasteiger partial charge is 0.377 e. The molecule has 0 bridgehead atoms. The van der Waals surface area contributed by atoms with Crippen molar-refractivity contribution in [1.82, 2.24) is 30.9 Å². The number of carbonyl (C=O) groups is 2. The van der Waals surface area contributed by atoms with E-state index in [0.717, 1.165) is 36.6 Å². The van der Waals surface area contributed by atoms with Crippen LogP contribution in [-0.2, 0) is 36.2 Å². The smallest absolute Gasteiger partial charge is 0.315 e. The van der Waals surface area contributed by atoms with Crippen LogP contribution < -0.4 is 16.0 Å². The van der Waals surface area contributed by atoms with Gasteiger partial charge in [0, 0.05) is 24.0 Å². The Bertz CT molecular complexity index is 832. The third kappa shape index (κ3) is 12.1. The molecule has 3 atom stereocenters. The summed E-state index contributed by atoms with van der Waals surface area (Å²) < 4.78 is 23.9. The number of hydrogen-bond acceptors (Lipinski definition) is 9. The number of hydrogen-bond donors (Lipinski definition) is 4. The average molecular weight is 577 g/mol. The van der Waals surface area contributed by atoms with E-state index >= 15 is 0 Å². The zero-order chi connectivity index (χ0) is 27.0. The number of urea groups is 1. The minimum absolute atomic E-state index is 0.0486. The molecule has 218 valence electrons. The summed E-state index contributed by atoms with van der Waals surface area (Å²) in [6, 6.07) is 0.432. The summed E-state index contributed by atoms with van der Waals surface area (Å²) in [4.78, 5) is 23.4. The highest BCUT2D eigenvalue weighted by Gasteiger charge is 2.42. The number of aromatic nitrogens is 3. The fraction of sp³-hybridized carbons (Fsp3) is 0.833. The van der Waals surface area contributed by atoms with Gasteiger partial charge in [-0.3, -0.25) is 4.79 Å². The van der Waals surface area contributed by atoms with Gasteiger partial charge in [0.25, 0.3) is 0 Å². The van der Waals surface area contributed by atoms with Crippen LogP contribution in [0, 0.1) is 0 Å². The summed E-state index contributed by atoms with van der Waals surface area (Å²) in [7, 11) is -0.0486. The molecule has 0 aromatic carbocycles. The number of nitrogens with one attached hydrogen (secondary N) is 3. The minimum Gasteiger partial charge on any atom is -0.377 e. The summed E-state index contributed by atoms with van der Waals surface area (Å²) in [6.07, 6.45) is 9.71. The number of thiol groups is 1. The predicted octanol–water partition coefficient (Wildman–Crippen LogP) is 0.905. The van der Waals surface area contributed by atoms with Gasteiger partial charge >= 0.3 is 6.03 Å². The van der Waals surface area contributed by atoms with Gasteiger partial charge in [-0.1, -0.05) is 11.6 Å². The Hall–Kier alpha value is -1.58. The van der Waals surface area contributed by atoms with Crippen molar-refractivity contribution in [2.45, 2.75) is 55.5 Å². The molecule has 14 heteroatoms. The van der Waals surface area contributed by atoms with Gasteiger partial charge in [-0.2, -0.15) is 11.8 Å². The van der Waals surface area contributed by atoms with Crippen LogP contribution in [0.15, 0.2) is 6.20 Å². The first-order valence-electron chi connectivity index (χ1n) is 13.3. The second kappa shape index (κ2) is 17.9. The van der Waals surface area contributed by atoms with Gasteiger partial charge in [0.05, 0.1) is 77.0 Å². The summed E-state index contributed by atoms with van der Waals surface area (Å²) in [5.74, 6) is 1.93. The Morgan fingerprint density at radius 3 is 2.53 bits per heavy atom. The van der Waals surface area contributed by atoms with E-state index in [1.165, 1.54) is 0 Å². The number of rotatable bonds is 21. The Morgan fingerprint density at radius 1 is 1.08 bits per heavy atom. The molecule has 1 aromatic heterocycles. The summed E-state index contributed by atoms with van der Waals surface area (Å²) in [6.45, 7) is 4.34. The number of nitrogens with zero attached hydrogens (tertiary/aromatic N) is 3. The topological polar surface area (TPSA) is 138 Å². The van der Waals surface area contributed by atoms with Crippen molar-refractivity contribution >= 4 is 34.6 Å². The fourth-order valence-corrected chi connectivity index (χ4v) is 6.49. The maximum absolute atomic E-state index is 12.0. The lowest BCUT2D eigenvalue weighted by Crippen LogP contribution is -2.36. The zero-order valence-electron chi connectivity index (χ0n) is 22.6. The maximum Gasteiger partial charge on any atom is 0.315 e. The lowest BCUT2D eigenvalue weighted by Gasteiger charge is -2.16. The van der Waals surface area contributed by atoms with Gasteiger partial charge in [-0.15, -0.1) is 5.10 Å². The average Bonchev–Trinajstić information content (AvgIpc) is 3.58. The molecule has 2 aliphatic rings. The van der Waals surface area contributed by atoms with Crippen LogP contribution in [0.4, 0.5) is 4.79 Å². The maximum atomic E-state index is 12.0. The van der Waals surface area contributed by atoms with Crippen molar-refractivity contribution in [3.63, 3.8) is 0 Å². The molecular formula is C24H44N6O6S2. The van der Waals surface area contributed by atoms with Crippen LogP contribution in [0.1, 0.15) is 31.4 Å². The molecule has 1 unspecified atom stereocenters. The number of fused-ring (bicyclic) bond motifs is 1. The summed E-state index contributed by atoms with van der Waals surface area (Å²) in [5, 5.41) is 17.5. The quantitative estimate of drug-likeness (QED) is 0.0956. The molecule has 38 heavy (non-hydrogen) atoms. The van der Waals surface area contributed by atoms with Crippen LogP contribution in [-0.4, -0.2) is 115 Å². The second-order valence-corrected chi connectivity index (χ2v) is 13.3. The van der Waals surface area contributed by atoms with Crippen LogP contribution in [0.3, 0.4) is 0 Å². The molecule has 2 fully saturated rings. The zero-order valence-corrected chi connectivity index (χ0v) is 24.3. The molecule has 2 saturated heterocycles. The van der Waals surface area contributed by atoms with E-state index in [-0.39, 0.29) is 34.9 Å². The van der Waals surface area contributed by atoms with Gasteiger partial charge in [-0.25, -0.2) is 20.4 Å². The molecule has 3 N–H and O–H groups in total. The van der Waals surface area contributed by atoms with Gasteiger partial charge in [0.2, 0.25) is 5.91 Å². The molecule has 3 heterocycles. The number of unbranched alkanes of at least 4 members (excludes halogenated alkanes) is 1. The van der Waals surface area contributed by atoms with Crippen molar-refractivity contribution in [3.05, 3.63) is 11.9 Å². The molecule has 1 aromatic rings. The number of ether oxygens (including phenoxy) is 4. The Balaban J connectivity index is 1.02. The molecular weight excluding hydrogens is 532 g/mol. The lowest BCUT2D eigenvalue weighted by molar-refractivity contribution is -0.121. The number of carbonyl (C=O) groups excluding carboxylic acids is 2. The highest BCUT2D eigenvalue weighted by Crippen LogP contribution is 2.33. The third-order valence-corrected chi connectivity index (χ3v) is 8.39. The highest BCUT2D eigenvalue weighted by molar-refractivity contribution is 8.14. The first-order valence-corrected chi connectivity index (χ1v) is 16.8. The van der Waals surface area contributed by atoms with Crippen LogP contribution in [0.2, 0.25) is 0 Å². The Labute approximate surface area is 232 Å². The molecule has 0 radical (unpaired) electrons. The summed E-state index contributed by atoms with van der Waals surface area (Å²) in [5.41, 5.74) is 0.830. The number of amides is 3. The van der Waals surface area contributed by atoms with Gasteiger partial charge in [-0.05, 0) is 25.4 Å². The van der Waals surface area contributed by atoms with Crippen molar-refractivity contribution in [3.8, 4) is 0 Å². The molecule has 0 aliphatic carbocycles. The van der Waals surface area contributed by atoms with Gasteiger partial charge in [0.1, 0.15) is 5.69 Å². The molecule has 0 spiro atoms. The highest BCUT2D eigenvalue weighted by atomic mass is 32.2. The molecule has 3 rings (SSSR count). The first-order chi connectivity index (χ1) is 18.5. The summed E-state index contributed by atoms with van der Waals surface area (Å²) >= 11 is 1.91. The minimum atomic E-state index is -0.0545. The molecule has 3 amide bonds. The fourth-order valence-electron chi connectivity index (χ4n) is 4.23. The predicted molar refractivity (Wildman–Crippen MR) is 150 cm³/mol. The van der Waals surface area contributed by atoms with E-state index in [1.807, 2.05) is 22.6 Å².